The smallest absolute Gasteiger partial charge is 0.232 e. The SMILES string of the molecule is O=S(=O)(CCCCF)Nc1ccc2nonc2c1. The Balaban J connectivity index is 2.07. The van der Waals surface area contributed by atoms with Gasteiger partial charge in [-0.25, -0.2) is 13.0 Å². The molecule has 0 amide bonds. The van der Waals surface area contributed by atoms with Crippen molar-refractivity contribution in [1.82, 2.24) is 10.3 Å². The van der Waals surface area contributed by atoms with Crippen LogP contribution in [-0.2, 0) is 10.0 Å². The number of benzene rings is 1. The normalized spacial score (nSPS) is 11.8. The summed E-state index contributed by atoms with van der Waals surface area (Å²) in [5.41, 5.74) is 1.41. The zero-order valence-corrected chi connectivity index (χ0v) is 10.3. The second-order valence-electron chi connectivity index (χ2n) is 3.78. The fourth-order valence-corrected chi connectivity index (χ4v) is 2.64. The van der Waals surface area contributed by atoms with E-state index < -0.39 is 16.7 Å². The lowest BCUT2D eigenvalue weighted by Crippen LogP contribution is -2.16. The highest BCUT2D eigenvalue weighted by Gasteiger charge is 2.11. The van der Waals surface area contributed by atoms with E-state index in [4.69, 9.17) is 0 Å². The quantitative estimate of drug-likeness (QED) is 0.810. The van der Waals surface area contributed by atoms with Crippen molar-refractivity contribution in [3.63, 3.8) is 0 Å². The molecule has 1 aromatic heterocycles. The number of alkyl halides is 1. The molecule has 0 aliphatic heterocycles. The van der Waals surface area contributed by atoms with Crippen LogP contribution in [0.4, 0.5) is 10.1 Å². The number of rotatable bonds is 6. The molecular weight excluding hydrogens is 261 g/mol. The van der Waals surface area contributed by atoms with Crippen LogP contribution in [0.15, 0.2) is 22.8 Å². The zero-order chi connectivity index (χ0) is 13.0. The maximum absolute atomic E-state index is 11.9. The summed E-state index contributed by atoms with van der Waals surface area (Å²) >= 11 is 0. The molecule has 0 bridgehead atoms. The van der Waals surface area contributed by atoms with Crippen molar-refractivity contribution in [3.05, 3.63) is 18.2 Å². The standard InChI is InChI=1S/C10H12FN3O3S/c11-5-1-2-6-18(15,16)14-8-3-4-9-10(7-8)13-17-12-9/h3-4,7,14H,1-2,5-6H2. The van der Waals surface area contributed by atoms with Crippen LogP contribution in [0, 0.1) is 0 Å². The Labute approximate surface area is 103 Å². The fraction of sp³-hybridized carbons (Fsp3) is 0.400. The molecule has 0 saturated carbocycles. The summed E-state index contributed by atoms with van der Waals surface area (Å²) in [5.74, 6) is -0.105. The fourth-order valence-electron chi connectivity index (χ4n) is 1.46. The second-order valence-corrected chi connectivity index (χ2v) is 5.63. The Kier molecular flexibility index (Phi) is 3.75. The first kappa shape index (κ1) is 12.7. The number of unbranched alkanes of at least 4 members (excludes halogenated alkanes) is 1. The first-order chi connectivity index (χ1) is 8.61. The predicted molar refractivity (Wildman–Crippen MR) is 64.4 cm³/mol. The highest BCUT2D eigenvalue weighted by molar-refractivity contribution is 7.92. The van der Waals surface area contributed by atoms with Gasteiger partial charge < -0.3 is 0 Å². The average Bonchev–Trinajstić information content (AvgIpc) is 2.75. The minimum atomic E-state index is -3.45. The summed E-state index contributed by atoms with van der Waals surface area (Å²) in [5, 5.41) is 7.23. The van der Waals surface area contributed by atoms with Crippen molar-refractivity contribution in [1.29, 1.82) is 0 Å². The molecule has 8 heteroatoms. The van der Waals surface area contributed by atoms with E-state index in [2.05, 4.69) is 19.7 Å². The van der Waals surface area contributed by atoms with Crippen LogP contribution < -0.4 is 4.72 Å². The number of halogens is 1. The van der Waals surface area contributed by atoms with Crippen LogP contribution in [0.25, 0.3) is 11.0 Å². The summed E-state index contributed by atoms with van der Waals surface area (Å²) in [6.45, 7) is -0.508. The van der Waals surface area contributed by atoms with Gasteiger partial charge in [-0.1, -0.05) is 0 Å². The molecule has 0 aliphatic rings. The van der Waals surface area contributed by atoms with E-state index in [0.29, 0.717) is 23.1 Å². The van der Waals surface area contributed by atoms with Gasteiger partial charge in [-0.3, -0.25) is 9.11 Å². The van der Waals surface area contributed by atoms with E-state index in [-0.39, 0.29) is 12.2 Å². The second kappa shape index (κ2) is 5.30. The van der Waals surface area contributed by atoms with Gasteiger partial charge >= 0.3 is 0 Å². The van der Waals surface area contributed by atoms with E-state index in [1.807, 2.05) is 0 Å². The number of fused-ring (bicyclic) bond motifs is 1. The molecule has 1 heterocycles. The third-order valence-electron chi connectivity index (χ3n) is 2.32. The lowest BCUT2D eigenvalue weighted by molar-refractivity contribution is 0.315. The number of anilines is 1. The monoisotopic (exact) mass is 273 g/mol. The molecule has 0 atom stereocenters. The van der Waals surface area contributed by atoms with Gasteiger partial charge in [0.15, 0.2) is 0 Å². The summed E-state index contributed by atoms with van der Waals surface area (Å²) in [6.07, 6.45) is 0.534. The lowest BCUT2D eigenvalue weighted by atomic mass is 10.3. The topological polar surface area (TPSA) is 85.1 Å². The summed E-state index contributed by atoms with van der Waals surface area (Å²) < 4.78 is 42.1. The van der Waals surface area contributed by atoms with Gasteiger partial charge in [0.05, 0.1) is 18.1 Å². The first-order valence-electron chi connectivity index (χ1n) is 5.39. The van der Waals surface area contributed by atoms with E-state index in [0.717, 1.165) is 0 Å². The number of nitrogens with zero attached hydrogens (tertiary/aromatic N) is 2. The average molecular weight is 273 g/mol. The van der Waals surface area contributed by atoms with Gasteiger partial charge in [0.1, 0.15) is 11.0 Å². The molecule has 0 aliphatic carbocycles. The van der Waals surface area contributed by atoms with Crippen molar-refractivity contribution in [2.24, 2.45) is 0 Å². The van der Waals surface area contributed by atoms with Gasteiger partial charge in [0.25, 0.3) is 0 Å². The Bertz CT molecular complexity index is 626. The van der Waals surface area contributed by atoms with Gasteiger partial charge in [-0.05, 0) is 41.4 Å². The summed E-state index contributed by atoms with van der Waals surface area (Å²) in [7, 11) is -3.45. The third-order valence-corrected chi connectivity index (χ3v) is 3.70. The zero-order valence-electron chi connectivity index (χ0n) is 9.47. The van der Waals surface area contributed by atoms with Crippen LogP contribution in [0.2, 0.25) is 0 Å². The maximum Gasteiger partial charge on any atom is 0.232 e. The summed E-state index contributed by atoms with van der Waals surface area (Å²) in [6, 6.07) is 4.70. The van der Waals surface area contributed by atoms with E-state index in [1.54, 1.807) is 12.1 Å². The van der Waals surface area contributed by atoms with Crippen molar-refractivity contribution in [2.45, 2.75) is 12.8 Å². The Morgan fingerprint density at radius 2 is 2.00 bits per heavy atom. The molecule has 0 unspecified atom stereocenters. The number of hydrogen-bond acceptors (Lipinski definition) is 5. The molecule has 1 N–H and O–H groups in total. The van der Waals surface area contributed by atoms with Gasteiger partial charge in [0, 0.05) is 0 Å². The number of sulfonamides is 1. The highest BCUT2D eigenvalue weighted by atomic mass is 32.2. The summed E-state index contributed by atoms with van der Waals surface area (Å²) in [4.78, 5) is 0. The molecule has 1 aromatic carbocycles. The minimum Gasteiger partial charge on any atom is -0.283 e. The molecule has 0 radical (unpaired) electrons. The Morgan fingerprint density at radius 3 is 2.78 bits per heavy atom. The van der Waals surface area contributed by atoms with Gasteiger partial charge in [0.2, 0.25) is 10.0 Å². The van der Waals surface area contributed by atoms with E-state index in [1.165, 1.54) is 6.07 Å². The molecular formula is C10H12FN3O3S. The van der Waals surface area contributed by atoms with E-state index in [9.17, 15) is 12.8 Å². The molecule has 2 aromatic rings. The molecule has 0 fully saturated rings. The van der Waals surface area contributed by atoms with Crippen molar-refractivity contribution < 1.29 is 17.4 Å². The van der Waals surface area contributed by atoms with Gasteiger partial charge in [-0.2, -0.15) is 0 Å². The molecule has 6 nitrogen and oxygen atoms in total. The predicted octanol–water partition coefficient (Wildman–Crippen LogP) is 1.71. The van der Waals surface area contributed by atoms with Crippen LogP contribution >= 0.6 is 0 Å². The Morgan fingerprint density at radius 1 is 1.22 bits per heavy atom. The van der Waals surface area contributed by atoms with Crippen molar-refractivity contribution in [2.75, 3.05) is 17.1 Å². The third kappa shape index (κ3) is 3.16. The van der Waals surface area contributed by atoms with Crippen LogP contribution in [-0.4, -0.2) is 31.2 Å². The van der Waals surface area contributed by atoms with Gasteiger partial charge in [-0.15, -0.1) is 0 Å². The largest absolute Gasteiger partial charge is 0.283 e. The number of nitrogens with one attached hydrogen (secondary N) is 1. The molecule has 18 heavy (non-hydrogen) atoms. The maximum atomic E-state index is 11.9. The van der Waals surface area contributed by atoms with Crippen molar-refractivity contribution in [3.8, 4) is 0 Å². The van der Waals surface area contributed by atoms with Crippen LogP contribution in [0.5, 0.6) is 0 Å². The molecule has 0 spiro atoms. The molecule has 98 valence electrons. The highest BCUT2D eigenvalue weighted by Crippen LogP contribution is 2.17. The molecule has 0 saturated heterocycles. The molecule has 2 rings (SSSR count). The van der Waals surface area contributed by atoms with Crippen molar-refractivity contribution >= 4 is 26.7 Å². The Hall–Kier alpha value is -1.70. The van der Waals surface area contributed by atoms with Crippen LogP contribution in [0.3, 0.4) is 0 Å². The number of aromatic nitrogens is 2. The first-order valence-corrected chi connectivity index (χ1v) is 7.05. The number of hydrogen-bond donors (Lipinski definition) is 1. The minimum absolute atomic E-state index is 0.105. The van der Waals surface area contributed by atoms with E-state index >= 15 is 0 Å². The van der Waals surface area contributed by atoms with Crippen LogP contribution in [0.1, 0.15) is 12.8 Å². The lowest BCUT2D eigenvalue weighted by Gasteiger charge is -2.06.